The fourth-order valence-corrected chi connectivity index (χ4v) is 2.46. The van der Waals surface area contributed by atoms with E-state index in [1.807, 2.05) is 36.4 Å². The van der Waals surface area contributed by atoms with Gasteiger partial charge in [-0.05, 0) is 77.9 Å². The van der Waals surface area contributed by atoms with E-state index in [0.29, 0.717) is 5.75 Å². The summed E-state index contributed by atoms with van der Waals surface area (Å²) in [7, 11) is 0. The van der Waals surface area contributed by atoms with Gasteiger partial charge in [-0.2, -0.15) is 0 Å². The minimum Gasteiger partial charge on any atom is -0.508 e. The van der Waals surface area contributed by atoms with Crippen molar-refractivity contribution in [3.63, 3.8) is 0 Å². The molecule has 5 heteroatoms. The van der Waals surface area contributed by atoms with Gasteiger partial charge in [0.1, 0.15) is 11.5 Å². The van der Waals surface area contributed by atoms with E-state index in [9.17, 15) is 9.90 Å². The van der Waals surface area contributed by atoms with Crippen LogP contribution in [0.3, 0.4) is 0 Å². The summed E-state index contributed by atoms with van der Waals surface area (Å²) in [6.45, 7) is 0. The van der Waals surface area contributed by atoms with Gasteiger partial charge in [0.25, 0.3) is 0 Å². The Morgan fingerprint density at radius 1 is 0.889 bits per heavy atom. The zero-order valence-electron chi connectivity index (χ0n) is 14.2. The van der Waals surface area contributed by atoms with Crippen molar-refractivity contribution in [2.45, 2.75) is 0 Å². The fraction of sp³-hybridized carbons (Fsp3) is 0. The number of halogens is 1. The van der Waals surface area contributed by atoms with E-state index in [1.165, 1.54) is 6.08 Å². The van der Waals surface area contributed by atoms with Gasteiger partial charge in [0, 0.05) is 16.8 Å². The van der Waals surface area contributed by atoms with E-state index in [2.05, 4.69) is 20.9 Å². The number of carbonyl (C=O) groups excluding carboxylic acids is 1. The molecule has 134 valence electrons. The lowest BCUT2D eigenvalue weighted by Gasteiger charge is -2.02. The predicted molar refractivity (Wildman–Crippen MR) is 111 cm³/mol. The summed E-state index contributed by atoms with van der Waals surface area (Å²) in [5, 5.41) is 9.26. The summed E-state index contributed by atoms with van der Waals surface area (Å²) in [6, 6.07) is 21.3. The Kier molecular flexibility index (Phi) is 6.18. The van der Waals surface area contributed by atoms with Gasteiger partial charge < -0.3 is 9.84 Å². The third-order valence-electron chi connectivity index (χ3n) is 3.59. The Morgan fingerprint density at radius 2 is 1.52 bits per heavy atom. The molecule has 3 aromatic carbocycles. The van der Waals surface area contributed by atoms with Crippen LogP contribution in [0.1, 0.15) is 11.1 Å². The van der Waals surface area contributed by atoms with Gasteiger partial charge in [-0.1, -0.05) is 28.1 Å². The zero-order chi connectivity index (χ0) is 19.1. The highest BCUT2D eigenvalue weighted by molar-refractivity contribution is 9.10. The number of benzene rings is 3. The van der Waals surface area contributed by atoms with Crippen LogP contribution in [-0.2, 0) is 4.79 Å². The molecule has 0 bridgehead atoms. The average molecular weight is 422 g/mol. The van der Waals surface area contributed by atoms with E-state index >= 15 is 0 Å². The highest BCUT2D eigenvalue weighted by Gasteiger charge is 2.00. The molecule has 0 aliphatic rings. The largest absolute Gasteiger partial charge is 0.508 e. The van der Waals surface area contributed by atoms with E-state index in [0.717, 1.165) is 21.3 Å². The number of hydrogen-bond donors (Lipinski definition) is 1. The number of phenols is 1. The second kappa shape index (κ2) is 8.96. The van der Waals surface area contributed by atoms with Gasteiger partial charge in [-0.25, -0.2) is 4.79 Å². The lowest BCUT2D eigenvalue weighted by molar-refractivity contribution is -0.128. The van der Waals surface area contributed by atoms with Gasteiger partial charge in [0.15, 0.2) is 0 Å². The van der Waals surface area contributed by atoms with Crippen molar-refractivity contribution in [2.75, 3.05) is 0 Å². The fourth-order valence-electron chi connectivity index (χ4n) is 2.20. The van der Waals surface area contributed by atoms with Gasteiger partial charge >= 0.3 is 5.97 Å². The first-order valence-electron chi connectivity index (χ1n) is 8.17. The van der Waals surface area contributed by atoms with Crippen LogP contribution in [0.15, 0.2) is 88.3 Å². The van der Waals surface area contributed by atoms with Crippen molar-refractivity contribution < 1.29 is 14.6 Å². The quantitative estimate of drug-likeness (QED) is 0.255. The van der Waals surface area contributed by atoms with Crippen LogP contribution < -0.4 is 4.74 Å². The molecule has 0 amide bonds. The minimum absolute atomic E-state index is 0.203. The molecule has 0 unspecified atom stereocenters. The molecule has 0 fully saturated rings. The van der Waals surface area contributed by atoms with Crippen LogP contribution >= 0.6 is 15.9 Å². The van der Waals surface area contributed by atoms with E-state index in [1.54, 1.807) is 48.7 Å². The first-order chi connectivity index (χ1) is 13.1. The maximum Gasteiger partial charge on any atom is 0.336 e. The molecule has 27 heavy (non-hydrogen) atoms. The number of nitrogens with zero attached hydrogens (tertiary/aromatic N) is 1. The summed E-state index contributed by atoms with van der Waals surface area (Å²) in [6.07, 6.45) is 4.79. The number of ether oxygens (including phenoxy) is 1. The molecule has 0 heterocycles. The highest BCUT2D eigenvalue weighted by Crippen LogP contribution is 2.17. The molecule has 3 rings (SSSR count). The van der Waals surface area contributed by atoms with Crippen molar-refractivity contribution in [2.24, 2.45) is 4.99 Å². The van der Waals surface area contributed by atoms with Crippen molar-refractivity contribution in [1.82, 2.24) is 0 Å². The minimum atomic E-state index is -0.441. The normalized spacial score (nSPS) is 11.1. The van der Waals surface area contributed by atoms with Crippen LogP contribution in [0.5, 0.6) is 11.5 Å². The SMILES string of the molecule is O=C(/C=C/c1ccc(Br)cc1)Oc1ccc(/C=N/c2ccc(O)cc2)cc1. The first-order valence-corrected chi connectivity index (χ1v) is 8.96. The second-order valence-corrected chi connectivity index (χ2v) is 6.57. The Morgan fingerprint density at radius 3 is 2.19 bits per heavy atom. The van der Waals surface area contributed by atoms with Gasteiger partial charge in [-0.15, -0.1) is 0 Å². The number of rotatable bonds is 5. The Hall–Kier alpha value is -3.18. The van der Waals surface area contributed by atoms with E-state index in [-0.39, 0.29) is 5.75 Å². The molecule has 0 radical (unpaired) electrons. The van der Waals surface area contributed by atoms with Crippen molar-refractivity contribution in [3.8, 4) is 11.5 Å². The highest BCUT2D eigenvalue weighted by atomic mass is 79.9. The van der Waals surface area contributed by atoms with Crippen molar-refractivity contribution in [1.29, 1.82) is 0 Å². The van der Waals surface area contributed by atoms with E-state index in [4.69, 9.17) is 4.74 Å². The number of phenolic OH excluding ortho intramolecular Hbond substituents is 1. The molecule has 3 aromatic rings. The zero-order valence-corrected chi connectivity index (χ0v) is 15.8. The van der Waals surface area contributed by atoms with Crippen LogP contribution in [0.4, 0.5) is 5.69 Å². The average Bonchev–Trinajstić information content (AvgIpc) is 2.68. The summed E-state index contributed by atoms with van der Waals surface area (Å²) in [5.41, 5.74) is 2.52. The maximum atomic E-state index is 11.9. The summed E-state index contributed by atoms with van der Waals surface area (Å²) < 4.78 is 6.27. The number of hydrogen-bond acceptors (Lipinski definition) is 4. The van der Waals surface area contributed by atoms with Crippen molar-refractivity contribution >= 4 is 39.9 Å². The summed E-state index contributed by atoms with van der Waals surface area (Å²) in [5.74, 6) is 0.222. The molecular weight excluding hydrogens is 406 g/mol. The topological polar surface area (TPSA) is 58.9 Å². The lowest BCUT2D eigenvalue weighted by atomic mass is 10.2. The molecule has 4 nitrogen and oxygen atoms in total. The first kappa shape index (κ1) is 18.6. The van der Waals surface area contributed by atoms with E-state index < -0.39 is 5.97 Å². The third-order valence-corrected chi connectivity index (χ3v) is 4.12. The standard InChI is InChI=1S/C22H16BrNO3/c23-18-6-1-16(2-7-18)5-14-22(26)27-21-12-3-17(4-13-21)15-24-19-8-10-20(25)11-9-19/h1-15,25H/b14-5+,24-15+. The van der Waals surface area contributed by atoms with Crippen LogP contribution in [-0.4, -0.2) is 17.3 Å². The molecular formula is C22H16BrNO3. The van der Waals surface area contributed by atoms with Crippen LogP contribution in [0, 0.1) is 0 Å². The molecule has 0 aliphatic heterocycles. The Bertz CT molecular complexity index is 960. The van der Waals surface area contributed by atoms with Crippen molar-refractivity contribution in [3.05, 3.63) is 94.5 Å². The third kappa shape index (κ3) is 5.94. The number of carbonyl (C=O) groups is 1. The summed E-state index contributed by atoms with van der Waals surface area (Å²) >= 11 is 3.37. The monoisotopic (exact) mass is 421 g/mol. The molecule has 0 atom stereocenters. The lowest BCUT2D eigenvalue weighted by Crippen LogP contribution is -2.03. The molecule has 0 aliphatic carbocycles. The van der Waals surface area contributed by atoms with Crippen LogP contribution in [0.25, 0.3) is 6.08 Å². The smallest absolute Gasteiger partial charge is 0.336 e. The second-order valence-electron chi connectivity index (χ2n) is 5.65. The number of aliphatic imine (C=N–C) groups is 1. The maximum absolute atomic E-state index is 11.9. The molecule has 0 aromatic heterocycles. The van der Waals surface area contributed by atoms with Gasteiger partial charge in [-0.3, -0.25) is 4.99 Å². The summed E-state index contributed by atoms with van der Waals surface area (Å²) in [4.78, 5) is 16.2. The Labute approximate surface area is 165 Å². The van der Waals surface area contributed by atoms with Crippen LogP contribution in [0.2, 0.25) is 0 Å². The molecule has 0 saturated heterocycles. The molecule has 0 saturated carbocycles. The number of esters is 1. The predicted octanol–water partition coefficient (Wildman–Crippen LogP) is 5.52. The number of aromatic hydroxyl groups is 1. The molecule has 1 N–H and O–H groups in total. The van der Waals surface area contributed by atoms with Gasteiger partial charge in [0.2, 0.25) is 0 Å². The van der Waals surface area contributed by atoms with Gasteiger partial charge in [0.05, 0.1) is 5.69 Å². The Balaban J connectivity index is 1.57. The molecule has 0 spiro atoms.